The summed E-state index contributed by atoms with van der Waals surface area (Å²) < 4.78 is 0. The zero-order valence-electron chi connectivity index (χ0n) is 24.5. The summed E-state index contributed by atoms with van der Waals surface area (Å²) in [5.41, 5.74) is 11.3. The lowest BCUT2D eigenvalue weighted by Crippen LogP contribution is -2.55. The number of rotatable bonds is 9. The van der Waals surface area contributed by atoms with Crippen molar-refractivity contribution in [2.24, 2.45) is 17.6 Å². The van der Waals surface area contributed by atoms with E-state index >= 15 is 0 Å². The zero-order chi connectivity index (χ0) is 29.9. The maximum atomic E-state index is 8.79. The molecule has 0 saturated carbocycles. The zero-order valence-corrected chi connectivity index (χ0v) is 24.5. The number of benzene rings is 4. The van der Waals surface area contributed by atoms with Crippen molar-refractivity contribution < 1.29 is 0 Å². The maximum Gasteiger partial charge on any atom is 0.0908 e. The Morgan fingerprint density at radius 2 is 1.00 bits per heavy atom. The molecule has 2 N–H and O–H groups in total. The van der Waals surface area contributed by atoms with E-state index in [1.165, 1.54) is 22.3 Å². The van der Waals surface area contributed by atoms with E-state index in [9.17, 15) is 0 Å². The molecule has 0 aliphatic carbocycles. The van der Waals surface area contributed by atoms with Crippen LogP contribution in [0, 0.1) is 34.5 Å². The summed E-state index contributed by atoms with van der Waals surface area (Å²) in [6.07, 6.45) is 4.06. The van der Waals surface area contributed by atoms with Gasteiger partial charge in [0.25, 0.3) is 0 Å². The third kappa shape index (κ3) is 7.66. The van der Waals surface area contributed by atoms with Gasteiger partial charge in [-0.3, -0.25) is 9.80 Å². The summed E-state index contributed by atoms with van der Waals surface area (Å²) in [5.74, 6) is 0.925. The molecule has 0 radical (unpaired) electrons. The fourth-order valence-electron chi connectivity index (χ4n) is 6.13. The SMILES string of the molecule is N#C/C=C/C1CN(C(c2ccccc2)c2ccccc2)C1.N#CCC(N)C1CN(C(c2ccccc2)c2ccccc2)C1. The Hall–Kier alpha value is -4.52. The molecule has 0 bridgehead atoms. The third-order valence-electron chi connectivity index (χ3n) is 8.44. The molecule has 2 heterocycles. The van der Waals surface area contributed by atoms with Gasteiger partial charge in [-0.25, -0.2) is 0 Å². The first-order valence-corrected chi connectivity index (χ1v) is 15.0. The van der Waals surface area contributed by atoms with Crippen LogP contribution < -0.4 is 5.73 Å². The summed E-state index contributed by atoms with van der Waals surface area (Å²) in [6, 6.07) is 47.3. The van der Waals surface area contributed by atoms with Crippen molar-refractivity contribution in [2.45, 2.75) is 24.5 Å². The van der Waals surface area contributed by atoms with Gasteiger partial charge in [0.15, 0.2) is 0 Å². The molecule has 5 nitrogen and oxygen atoms in total. The molecule has 216 valence electrons. The molecule has 2 fully saturated rings. The lowest BCUT2D eigenvalue weighted by atomic mass is 9.86. The second kappa shape index (κ2) is 15.1. The predicted molar refractivity (Wildman–Crippen MR) is 173 cm³/mol. The fraction of sp³-hybridized carbons (Fsp3) is 0.263. The minimum atomic E-state index is -0.00607. The van der Waals surface area contributed by atoms with Crippen molar-refractivity contribution in [1.82, 2.24) is 9.80 Å². The Kier molecular flexibility index (Phi) is 10.5. The van der Waals surface area contributed by atoms with Crippen LogP contribution in [0.2, 0.25) is 0 Å². The smallest absolute Gasteiger partial charge is 0.0908 e. The van der Waals surface area contributed by atoms with Gasteiger partial charge in [-0.2, -0.15) is 10.5 Å². The van der Waals surface area contributed by atoms with E-state index in [0.717, 1.165) is 26.2 Å². The molecule has 2 aliphatic rings. The highest BCUT2D eigenvalue weighted by Gasteiger charge is 2.37. The van der Waals surface area contributed by atoms with Gasteiger partial charge >= 0.3 is 0 Å². The Bertz CT molecular complexity index is 1420. The van der Waals surface area contributed by atoms with Crippen LogP contribution in [0.5, 0.6) is 0 Å². The molecule has 5 heteroatoms. The average Bonchev–Trinajstić information content (AvgIpc) is 3.02. The Balaban J connectivity index is 0.000000171. The fourth-order valence-corrected chi connectivity index (χ4v) is 6.13. The number of hydrogen-bond donors (Lipinski definition) is 1. The largest absolute Gasteiger partial charge is 0.326 e. The van der Waals surface area contributed by atoms with Crippen LogP contribution in [0.1, 0.15) is 40.8 Å². The van der Waals surface area contributed by atoms with E-state index in [1.807, 2.05) is 18.2 Å². The molecule has 43 heavy (non-hydrogen) atoms. The Morgan fingerprint density at radius 3 is 1.35 bits per heavy atom. The number of allylic oxidation sites excluding steroid dienone is 1. The molecule has 6 rings (SSSR count). The van der Waals surface area contributed by atoms with Crippen LogP contribution >= 0.6 is 0 Å². The van der Waals surface area contributed by atoms with Crippen molar-refractivity contribution in [1.29, 1.82) is 10.5 Å². The molecule has 0 aromatic heterocycles. The second-order valence-corrected chi connectivity index (χ2v) is 11.4. The van der Waals surface area contributed by atoms with Crippen molar-refractivity contribution in [3.63, 3.8) is 0 Å². The van der Waals surface area contributed by atoms with Gasteiger partial charge < -0.3 is 5.73 Å². The molecule has 2 saturated heterocycles. The first-order chi connectivity index (χ1) is 21.2. The van der Waals surface area contributed by atoms with E-state index in [1.54, 1.807) is 6.08 Å². The highest BCUT2D eigenvalue weighted by molar-refractivity contribution is 5.34. The third-order valence-corrected chi connectivity index (χ3v) is 8.44. The van der Waals surface area contributed by atoms with Crippen LogP contribution in [-0.2, 0) is 0 Å². The monoisotopic (exact) mass is 565 g/mol. The molecule has 4 aromatic rings. The molecule has 4 aromatic carbocycles. The first kappa shape index (κ1) is 30.0. The molecular weight excluding hydrogens is 526 g/mol. The standard InChI is InChI=1S/C19H21N3.C19H18N2/c20-12-11-18(21)17-13-22(14-17)19(15-7-3-1-4-8-15)16-9-5-2-6-10-16;20-13-7-8-16-14-21(15-16)19(17-9-3-1-4-10-17)18-11-5-2-6-12-18/h1-10,17-19H,11,13-14,21H2;1-12,16,19H,14-15H2/b;8-7+. The van der Waals surface area contributed by atoms with Gasteiger partial charge in [0.1, 0.15) is 0 Å². The first-order valence-electron chi connectivity index (χ1n) is 15.0. The van der Waals surface area contributed by atoms with Crippen LogP contribution in [-0.4, -0.2) is 42.0 Å². The average molecular weight is 566 g/mol. The predicted octanol–water partition coefficient (Wildman–Crippen LogP) is 6.74. The number of likely N-dealkylation sites (tertiary alicyclic amines) is 2. The van der Waals surface area contributed by atoms with Gasteiger partial charge in [-0.05, 0) is 22.3 Å². The van der Waals surface area contributed by atoms with Crippen LogP contribution in [0.4, 0.5) is 0 Å². The van der Waals surface area contributed by atoms with E-state index < -0.39 is 0 Å². The summed E-state index contributed by atoms with van der Waals surface area (Å²) >= 11 is 0. The highest BCUT2D eigenvalue weighted by atomic mass is 15.2. The Labute approximate surface area is 256 Å². The number of nitrogens with two attached hydrogens (primary N) is 1. The van der Waals surface area contributed by atoms with Gasteiger partial charge in [0.05, 0.1) is 30.6 Å². The van der Waals surface area contributed by atoms with Gasteiger partial charge in [-0.1, -0.05) is 127 Å². The Morgan fingerprint density at radius 1 is 0.628 bits per heavy atom. The molecule has 0 spiro atoms. The number of nitriles is 2. The second-order valence-electron chi connectivity index (χ2n) is 11.4. The topological polar surface area (TPSA) is 80.1 Å². The lowest BCUT2D eigenvalue weighted by Gasteiger charge is -2.46. The van der Waals surface area contributed by atoms with Crippen molar-refractivity contribution in [3.8, 4) is 12.1 Å². The number of nitrogens with zero attached hydrogens (tertiary/aromatic N) is 4. The molecule has 2 aliphatic heterocycles. The minimum Gasteiger partial charge on any atom is -0.326 e. The lowest BCUT2D eigenvalue weighted by molar-refractivity contribution is 0.0537. The van der Waals surface area contributed by atoms with E-state index in [2.05, 4.69) is 131 Å². The summed E-state index contributed by atoms with van der Waals surface area (Å²) in [7, 11) is 0. The number of hydrogen-bond acceptors (Lipinski definition) is 5. The molecule has 1 unspecified atom stereocenters. The van der Waals surface area contributed by atoms with E-state index in [4.69, 9.17) is 16.3 Å². The van der Waals surface area contributed by atoms with E-state index in [-0.39, 0.29) is 12.1 Å². The van der Waals surface area contributed by atoms with Crippen LogP contribution in [0.25, 0.3) is 0 Å². The van der Waals surface area contributed by atoms with Crippen LogP contribution in [0.3, 0.4) is 0 Å². The highest BCUT2D eigenvalue weighted by Crippen LogP contribution is 2.36. The molecular formula is C38H39N5. The van der Waals surface area contributed by atoms with Crippen molar-refractivity contribution in [3.05, 3.63) is 156 Å². The minimum absolute atomic E-state index is 0.00607. The summed E-state index contributed by atoms with van der Waals surface area (Å²) in [5, 5.41) is 17.4. The summed E-state index contributed by atoms with van der Waals surface area (Å²) in [4.78, 5) is 4.92. The van der Waals surface area contributed by atoms with Gasteiger partial charge in [-0.15, -0.1) is 0 Å². The van der Waals surface area contributed by atoms with Crippen molar-refractivity contribution >= 4 is 0 Å². The normalized spacial score (nSPS) is 16.5. The van der Waals surface area contributed by atoms with Gasteiger partial charge in [0.2, 0.25) is 0 Å². The van der Waals surface area contributed by atoms with Crippen LogP contribution in [0.15, 0.2) is 133 Å². The molecule has 0 amide bonds. The van der Waals surface area contributed by atoms with Crippen molar-refractivity contribution in [2.75, 3.05) is 26.2 Å². The quantitative estimate of drug-likeness (QED) is 0.228. The van der Waals surface area contributed by atoms with Gasteiger partial charge in [0, 0.05) is 50.1 Å². The maximum absolute atomic E-state index is 8.79. The summed E-state index contributed by atoms with van der Waals surface area (Å²) in [6.45, 7) is 3.92. The molecule has 1 atom stereocenters. The van der Waals surface area contributed by atoms with E-state index in [0.29, 0.717) is 24.3 Å².